The van der Waals surface area contributed by atoms with Crippen molar-refractivity contribution in [3.8, 4) is 0 Å². The zero-order valence-corrected chi connectivity index (χ0v) is 26.4. The number of nitrogens with one attached hydrogen (secondary N) is 3. The van der Waals surface area contributed by atoms with Crippen LogP contribution in [-0.2, 0) is 27.9 Å². The largest absolute Gasteiger partial charge is 0.465 e. The van der Waals surface area contributed by atoms with Gasteiger partial charge in [0.1, 0.15) is 12.1 Å². The van der Waals surface area contributed by atoms with Crippen molar-refractivity contribution in [1.29, 1.82) is 0 Å². The van der Waals surface area contributed by atoms with Crippen molar-refractivity contribution < 1.29 is 24.3 Å². The van der Waals surface area contributed by atoms with Crippen molar-refractivity contribution in [2.24, 2.45) is 7.05 Å². The maximum atomic E-state index is 13.7. The summed E-state index contributed by atoms with van der Waals surface area (Å²) in [7, 11) is 1.91. The molecule has 0 aliphatic carbocycles. The zero-order valence-electron chi connectivity index (χ0n) is 25.5. The van der Waals surface area contributed by atoms with Crippen LogP contribution < -0.4 is 21.7 Å². The second kappa shape index (κ2) is 17.6. The number of aromatic nitrogens is 1. The number of thioether (sulfide) groups is 1. The average molecular weight is 635 g/mol. The van der Waals surface area contributed by atoms with Gasteiger partial charge in [-0.25, -0.2) is 4.79 Å². The first-order valence-corrected chi connectivity index (χ1v) is 15.7. The van der Waals surface area contributed by atoms with Gasteiger partial charge in [-0.1, -0.05) is 30.4 Å². The third kappa shape index (κ3) is 10.5. The van der Waals surface area contributed by atoms with Crippen LogP contribution in [0.25, 0.3) is 10.9 Å². The van der Waals surface area contributed by atoms with Crippen molar-refractivity contribution >= 4 is 52.2 Å². The molecule has 0 aliphatic rings. The summed E-state index contributed by atoms with van der Waals surface area (Å²) in [6.45, 7) is 7.80. The van der Waals surface area contributed by atoms with Crippen LogP contribution >= 0.6 is 11.8 Å². The van der Waals surface area contributed by atoms with E-state index >= 15 is 0 Å². The molecule has 2 aromatic carbocycles. The minimum atomic E-state index is -1.27. The Hall–Kier alpha value is -4.71. The predicted octanol–water partition coefficient (Wildman–Crippen LogP) is 3.70. The molecule has 240 valence electrons. The van der Waals surface area contributed by atoms with Gasteiger partial charge < -0.3 is 31.4 Å². The molecule has 12 heteroatoms. The predicted molar refractivity (Wildman–Crippen MR) is 179 cm³/mol. The maximum absolute atomic E-state index is 13.7. The second-order valence-corrected chi connectivity index (χ2v) is 11.6. The maximum Gasteiger partial charge on any atom is 0.408 e. The summed E-state index contributed by atoms with van der Waals surface area (Å²) in [6.07, 6.45) is 5.00. The van der Waals surface area contributed by atoms with Gasteiger partial charge in [-0.15, -0.1) is 24.9 Å². The minimum Gasteiger partial charge on any atom is -0.465 e. The number of benzene rings is 2. The van der Waals surface area contributed by atoms with Crippen molar-refractivity contribution in [1.82, 2.24) is 25.4 Å². The van der Waals surface area contributed by atoms with Gasteiger partial charge in [-0.2, -0.15) is 0 Å². The molecular formula is C33H42N6O5S. The van der Waals surface area contributed by atoms with E-state index in [2.05, 4.69) is 29.1 Å². The Morgan fingerprint density at radius 3 is 2.44 bits per heavy atom. The highest BCUT2D eigenvalue weighted by atomic mass is 32.2. The first kappa shape index (κ1) is 34.8. The molecule has 3 aromatic rings. The first-order valence-electron chi connectivity index (χ1n) is 14.7. The standard InChI is InChI=1S/C33H42N6O5S/c1-4-17-36-31(41)27(20-23-21-38(3)28-11-7-6-10-26(23)28)37-32(42)29(39(19-5-2)33(43)44)12-8-9-18-35-30(40)22-45-25-15-13-24(34)14-16-25/h4-7,10-11,13-16,21,27,29H,1-2,8-9,12,17-20,22,34H2,3H3,(H,35,40)(H,36,41)(H,37,42)(H,43,44)/t27-,29-/m0/s1. The molecule has 11 nitrogen and oxygen atoms in total. The lowest BCUT2D eigenvalue weighted by Crippen LogP contribution is -2.55. The summed E-state index contributed by atoms with van der Waals surface area (Å²) >= 11 is 1.40. The number of carbonyl (C=O) groups is 4. The SMILES string of the molecule is C=CCNC(=O)[C@H](Cc1cn(C)c2ccccc12)NC(=O)[C@H](CCCCNC(=O)CSc1ccc(N)cc1)N(CC=C)C(=O)O. The van der Waals surface area contributed by atoms with Crippen LogP contribution in [-0.4, -0.2) is 75.9 Å². The van der Waals surface area contributed by atoms with Crippen molar-refractivity contribution in [2.75, 3.05) is 31.1 Å². The summed E-state index contributed by atoms with van der Waals surface area (Å²) in [5.41, 5.74) is 8.21. The van der Waals surface area contributed by atoms with Gasteiger partial charge in [0.15, 0.2) is 0 Å². The van der Waals surface area contributed by atoms with Crippen LogP contribution in [0, 0.1) is 0 Å². The van der Waals surface area contributed by atoms with Gasteiger partial charge in [0, 0.05) is 60.8 Å². The lowest BCUT2D eigenvalue weighted by atomic mass is 10.0. The number of hydrogen-bond donors (Lipinski definition) is 5. The zero-order chi connectivity index (χ0) is 32.8. The molecule has 0 unspecified atom stereocenters. The number of fused-ring (bicyclic) bond motifs is 1. The van der Waals surface area contributed by atoms with Crippen LogP contribution in [0.2, 0.25) is 0 Å². The number of carbonyl (C=O) groups excluding carboxylic acids is 3. The molecule has 4 amide bonds. The molecular weight excluding hydrogens is 592 g/mol. The fraction of sp³-hybridized carbons (Fsp3) is 0.333. The molecule has 1 heterocycles. The summed E-state index contributed by atoms with van der Waals surface area (Å²) in [5, 5.41) is 19.3. The number of rotatable bonds is 18. The highest BCUT2D eigenvalue weighted by Crippen LogP contribution is 2.22. The van der Waals surface area contributed by atoms with E-state index in [-0.39, 0.29) is 37.6 Å². The van der Waals surface area contributed by atoms with E-state index in [1.54, 1.807) is 18.2 Å². The molecule has 1 aromatic heterocycles. The second-order valence-electron chi connectivity index (χ2n) is 10.5. The van der Waals surface area contributed by atoms with Crippen LogP contribution in [0.1, 0.15) is 24.8 Å². The van der Waals surface area contributed by atoms with Crippen LogP contribution in [0.15, 0.2) is 84.9 Å². The van der Waals surface area contributed by atoms with E-state index in [9.17, 15) is 24.3 Å². The number of hydrogen-bond acceptors (Lipinski definition) is 6. The number of nitrogens with two attached hydrogens (primary N) is 1. The molecule has 0 radical (unpaired) electrons. The smallest absolute Gasteiger partial charge is 0.408 e. The Labute approximate surface area is 267 Å². The average Bonchev–Trinajstić information content (AvgIpc) is 3.34. The third-order valence-electron chi connectivity index (χ3n) is 7.18. The molecule has 0 saturated carbocycles. The fourth-order valence-corrected chi connectivity index (χ4v) is 5.67. The lowest BCUT2D eigenvalue weighted by Gasteiger charge is -2.29. The molecule has 45 heavy (non-hydrogen) atoms. The van der Waals surface area contributed by atoms with Crippen molar-refractivity contribution in [3.05, 3.63) is 85.6 Å². The molecule has 0 spiro atoms. The Morgan fingerprint density at radius 1 is 1.02 bits per heavy atom. The summed E-state index contributed by atoms with van der Waals surface area (Å²) in [4.78, 5) is 53.3. The molecule has 0 bridgehead atoms. The quantitative estimate of drug-likeness (QED) is 0.0618. The highest BCUT2D eigenvalue weighted by molar-refractivity contribution is 8.00. The molecule has 2 atom stereocenters. The van der Waals surface area contributed by atoms with E-state index in [4.69, 9.17) is 5.73 Å². The van der Waals surface area contributed by atoms with Crippen LogP contribution in [0.5, 0.6) is 0 Å². The number of anilines is 1. The van der Waals surface area contributed by atoms with E-state index in [0.717, 1.165) is 26.3 Å². The monoisotopic (exact) mass is 634 g/mol. The van der Waals surface area contributed by atoms with Gasteiger partial charge in [0.05, 0.1) is 5.75 Å². The first-order chi connectivity index (χ1) is 21.6. The molecule has 0 aliphatic heterocycles. The number of carboxylic acid groups (broad SMARTS) is 1. The molecule has 0 saturated heterocycles. The highest BCUT2D eigenvalue weighted by Gasteiger charge is 2.32. The van der Waals surface area contributed by atoms with Gasteiger partial charge in [0.25, 0.3) is 0 Å². The fourth-order valence-electron chi connectivity index (χ4n) is 4.94. The topological polar surface area (TPSA) is 159 Å². The Bertz CT molecular complexity index is 1490. The Kier molecular flexibility index (Phi) is 13.6. The Morgan fingerprint density at radius 2 is 1.76 bits per heavy atom. The third-order valence-corrected chi connectivity index (χ3v) is 8.20. The molecule has 6 N–H and O–H groups in total. The lowest BCUT2D eigenvalue weighted by molar-refractivity contribution is -0.131. The Balaban J connectivity index is 1.65. The van der Waals surface area contributed by atoms with Gasteiger partial charge in [0.2, 0.25) is 17.7 Å². The van der Waals surface area contributed by atoms with Gasteiger partial charge in [-0.3, -0.25) is 19.3 Å². The number of unbranched alkanes of at least 4 members (excludes halogenated alkanes) is 1. The minimum absolute atomic E-state index is 0.0663. The molecule has 0 fully saturated rings. The van der Waals surface area contributed by atoms with Crippen molar-refractivity contribution in [2.45, 2.75) is 42.7 Å². The van der Waals surface area contributed by atoms with Crippen LogP contribution in [0.3, 0.4) is 0 Å². The molecule has 3 rings (SSSR count). The summed E-state index contributed by atoms with van der Waals surface area (Å²) < 4.78 is 1.96. The van der Waals surface area contributed by atoms with E-state index in [0.29, 0.717) is 25.1 Å². The van der Waals surface area contributed by atoms with E-state index in [1.807, 2.05) is 54.2 Å². The van der Waals surface area contributed by atoms with Crippen LogP contribution in [0.4, 0.5) is 10.5 Å². The van der Waals surface area contributed by atoms with Crippen molar-refractivity contribution in [3.63, 3.8) is 0 Å². The summed E-state index contributed by atoms with van der Waals surface area (Å²) in [5.74, 6) is -0.874. The number of aryl methyl sites for hydroxylation is 1. The van der Waals surface area contributed by atoms with E-state index in [1.165, 1.54) is 17.8 Å². The number of nitrogens with zero attached hydrogens (tertiary/aromatic N) is 2. The number of nitrogen functional groups attached to an aromatic ring is 1. The van der Waals surface area contributed by atoms with Gasteiger partial charge >= 0.3 is 6.09 Å². The summed E-state index contributed by atoms with van der Waals surface area (Å²) in [6, 6.07) is 13.0. The van der Waals surface area contributed by atoms with Gasteiger partial charge in [-0.05, 0) is 55.2 Å². The number of amides is 4. The number of para-hydroxylation sites is 1. The normalized spacial score (nSPS) is 12.1. The van der Waals surface area contributed by atoms with E-state index < -0.39 is 30.0 Å².